The molecule has 11 nitrogen and oxygen atoms in total. The van der Waals surface area contributed by atoms with E-state index in [2.05, 4.69) is 35.8 Å². The van der Waals surface area contributed by atoms with Gasteiger partial charge < -0.3 is 10.5 Å². The molecule has 1 aromatic carbocycles. The van der Waals surface area contributed by atoms with Crippen LogP contribution in [0.4, 0.5) is 5.82 Å². The number of nitrogens with zero attached hydrogens (tertiary/aromatic N) is 6. The van der Waals surface area contributed by atoms with Gasteiger partial charge in [-0.05, 0) is 42.2 Å². The van der Waals surface area contributed by atoms with E-state index in [0.717, 1.165) is 5.56 Å². The highest BCUT2D eigenvalue weighted by molar-refractivity contribution is 6.02. The molecule has 0 aliphatic rings. The number of benzene rings is 1. The summed E-state index contributed by atoms with van der Waals surface area (Å²) in [6.07, 6.45) is 0. The van der Waals surface area contributed by atoms with Crippen LogP contribution >= 0.6 is 0 Å². The highest BCUT2D eigenvalue weighted by Gasteiger charge is 2.25. The van der Waals surface area contributed by atoms with Gasteiger partial charge in [-0.2, -0.15) is 9.78 Å². The van der Waals surface area contributed by atoms with Crippen molar-refractivity contribution in [1.82, 2.24) is 30.7 Å². The fourth-order valence-corrected chi connectivity index (χ4v) is 2.76. The minimum atomic E-state index is -0.511. The molecule has 0 fully saturated rings. The van der Waals surface area contributed by atoms with Crippen molar-refractivity contribution >= 4 is 17.4 Å². The molecule has 3 N–H and O–H groups in total. The van der Waals surface area contributed by atoms with Gasteiger partial charge in [0.15, 0.2) is 5.69 Å². The van der Waals surface area contributed by atoms with Crippen LogP contribution in [-0.2, 0) is 0 Å². The van der Waals surface area contributed by atoms with E-state index in [9.17, 15) is 4.79 Å². The third-order valence-electron chi connectivity index (χ3n) is 4.06. The van der Waals surface area contributed by atoms with Gasteiger partial charge >= 0.3 is 0 Å². The number of hydrogen-bond acceptors (Lipinski definition) is 9. The average Bonchev–Trinajstić information content (AvgIpc) is 3.32. The normalized spacial score (nSPS) is 11.7. The van der Waals surface area contributed by atoms with Crippen LogP contribution in [0, 0.1) is 0 Å². The first kappa shape index (κ1) is 20.0. The van der Waals surface area contributed by atoms with Crippen LogP contribution in [0.15, 0.2) is 34.0 Å². The lowest BCUT2D eigenvalue weighted by Gasteiger charge is -2.10. The second kappa shape index (κ2) is 8.50. The topological polar surface area (TPSA) is 146 Å². The van der Waals surface area contributed by atoms with Crippen LogP contribution in [0.3, 0.4) is 0 Å². The molecule has 0 saturated carbocycles. The van der Waals surface area contributed by atoms with Crippen LogP contribution < -0.4 is 15.9 Å². The van der Waals surface area contributed by atoms with E-state index in [1.165, 1.54) is 4.68 Å². The summed E-state index contributed by atoms with van der Waals surface area (Å²) in [5.41, 5.74) is 10.2. The number of rotatable bonds is 7. The van der Waals surface area contributed by atoms with E-state index in [0.29, 0.717) is 23.8 Å². The van der Waals surface area contributed by atoms with E-state index in [1.807, 2.05) is 45.0 Å². The molecule has 11 heteroatoms. The number of hydrogen-bond donors (Lipinski definition) is 2. The quantitative estimate of drug-likeness (QED) is 0.453. The molecule has 1 amide bonds. The van der Waals surface area contributed by atoms with Crippen LogP contribution in [0.5, 0.6) is 5.75 Å². The first-order valence-electron chi connectivity index (χ1n) is 9.04. The van der Waals surface area contributed by atoms with Gasteiger partial charge in [-0.15, -0.1) is 5.10 Å². The summed E-state index contributed by atoms with van der Waals surface area (Å²) >= 11 is 0. The summed E-state index contributed by atoms with van der Waals surface area (Å²) in [6.45, 7) is 7.99. The summed E-state index contributed by atoms with van der Waals surface area (Å²) in [4.78, 5) is 12.7. The lowest BCUT2D eigenvalue weighted by Crippen LogP contribution is -2.22. The highest BCUT2D eigenvalue weighted by Crippen LogP contribution is 2.23. The zero-order chi connectivity index (χ0) is 21.0. The maximum Gasteiger partial charge on any atom is 0.293 e. The molecular weight excluding hydrogens is 376 g/mol. The molecule has 0 atom stereocenters. The second-order valence-electron chi connectivity index (χ2n) is 6.43. The number of carbonyl (C=O) groups excluding carboxylic acids is 1. The molecule has 0 unspecified atom stereocenters. The molecule has 0 radical (unpaired) electrons. The molecule has 0 aliphatic carbocycles. The Morgan fingerprint density at radius 1 is 1.34 bits per heavy atom. The van der Waals surface area contributed by atoms with Crippen molar-refractivity contribution < 1.29 is 14.2 Å². The number of amides is 1. The molecule has 0 aliphatic heterocycles. The summed E-state index contributed by atoms with van der Waals surface area (Å²) in [7, 11) is 0. The Hall–Kier alpha value is -3.76. The number of ether oxygens (including phenoxy) is 1. The lowest BCUT2D eigenvalue weighted by atomic mass is 10.1. The van der Waals surface area contributed by atoms with Crippen LogP contribution in [0.1, 0.15) is 55.4 Å². The number of hydrazone groups is 1. The van der Waals surface area contributed by atoms with Crippen molar-refractivity contribution in [3.8, 4) is 11.6 Å². The van der Waals surface area contributed by atoms with Crippen molar-refractivity contribution in [2.45, 2.75) is 33.6 Å². The Labute approximate surface area is 166 Å². The third-order valence-corrected chi connectivity index (χ3v) is 4.06. The number of para-hydroxylation sites is 1. The Bertz CT molecular complexity index is 1040. The zero-order valence-electron chi connectivity index (χ0n) is 16.6. The SMILES string of the molecule is CCOc1ccccc1C(C)=NNC(=O)c1nnn(-c2nonc2N)c1C(C)C. The van der Waals surface area contributed by atoms with Crippen LogP contribution in [0.25, 0.3) is 5.82 Å². The largest absolute Gasteiger partial charge is 0.493 e. The van der Waals surface area contributed by atoms with E-state index in [-0.39, 0.29) is 23.2 Å². The van der Waals surface area contributed by atoms with Crippen molar-refractivity contribution in [2.75, 3.05) is 12.3 Å². The van der Waals surface area contributed by atoms with Gasteiger partial charge in [-0.3, -0.25) is 4.79 Å². The van der Waals surface area contributed by atoms with E-state index in [1.54, 1.807) is 6.92 Å². The Balaban J connectivity index is 1.87. The number of nitrogens with two attached hydrogens (primary N) is 1. The predicted molar refractivity (Wildman–Crippen MR) is 105 cm³/mol. The molecule has 29 heavy (non-hydrogen) atoms. The minimum Gasteiger partial charge on any atom is -0.493 e. The van der Waals surface area contributed by atoms with Gasteiger partial charge in [-0.25, -0.2) is 10.1 Å². The first-order valence-corrected chi connectivity index (χ1v) is 9.04. The maximum atomic E-state index is 12.7. The minimum absolute atomic E-state index is 0.0464. The van der Waals surface area contributed by atoms with Crippen molar-refractivity contribution in [1.29, 1.82) is 0 Å². The van der Waals surface area contributed by atoms with Crippen LogP contribution in [0.2, 0.25) is 0 Å². The Morgan fingerprint density at radius 2 is 2.10 bits per heavy atom. The smallest absolute Gasteiger partial charge is 0.293 e. The summed E-state index contributed by atoms with van der Waals surface area (Å²) in [6, 6.07) is 7.46. The van der Waals surface area contributed by atoms with Crippen molar-refractivity contribution in [2.24, 2.45) is 5.10 Å². The fraction of sp³-hybridized carbons (Fsp3) is 0.333. The van der Waals surface area contributed by atoms with Gasteiger partial charge in [0.25, 0.3) is 5.91 Å². The number of nitrogen functional groups attached to an aromatic ring is 1. The number of anilines is 1. The average molecular weight is 398 g/mol. The fourth-order valence-electron chi connectivity index (χ4n) is 2.76. The molecule has 3 rings (SSSR count). The highest BCUT2D eigenvalue weighted by atomic mass is 16.6. The van der Waals surface area contributed by atoms with Crippen LogP contribution in [-0.4, -0.2) is 43.5 Å². The van der Waals surface area contributed by atoms with Crippen molar-refractivity contribution in [3.05, 3.63) is 41.2 Å². The summed E-state index contributed by atoms with van der Waals surface area (Å²) in [5.74, 6) is 0.290. The summed E-state index contributed by atoms with van der Waals surface area (Å²) < 4.78 is 11.6. The Morgan fingerprint density at radius 3 is 2.76 bits per heavy atom. The number of carbonyl (C=O) groups is 1. The summed E-state index contributed by atoms with van der Waals surface area (Å²) in [5, 5.41) is 19.4. The zero-order valence-corrected chi connectivity index (χ0v) is 16.6. The molecule has 0 saturated heterocycles. The van der Waals surface area contributed by atoms with E-state index < -0.39 is 5.91 Å². The number of nitrogens with one attached hydrogen (secondary N) is 1. The molecule has 2 aromatic heterocycles. The molecule has 2 heterocycles. The predicted octanol–water partition coefficient (Wildman–Crippen LogP) is 1.91. The van der Waals surface area contributed by atoms with E-state index >= 15 is 0 Å². The Kier molecular flexibility index (Phi) is 5.86. The van der Waals surface area contributed by atoms with Gasteiger partial charge in [0, 0.05) is 5.56 Å². The maximum absolute atomic E-state index is 12.7. The van der Waals surface area contributed by atoms with Crippen molar-refractivity contribution in [3.63, 3.8) is 0 Å². The second-order valence-corrected chi connectivity index (χ2v) is 6.43. The van der Waals surface area contributed by atoms with Gasteiger partial charge in [0.2, 0.25) is 11.6 Å². The monoisotopic (exact) mass is 398 g/mol. The van der Waals surface area contributed by atoms with Gasteiger partial charge in [-0.1, -0.05) is 31.2 Å². The molecule has 0 bridgehead atoms. The van der Waals surface area contributed by atoms with Gasteiger partial charge in [0.1, 0.15) is 5.75 Å². The van der Waals surface area contributed by atoms with Gasteiger partial charge in [0.05, 0.1) is 18.0 Å². The van der Waals surface area contributed by atoms with E-state index in [4.69, 9.17) is 10.5 Å². The number of aromatic nitrogens is 5. The molecule has 3 aromatic rings. The first-order chi connectivity index (χ1) is 13.9. The molecule has 0 spiro atoms. The molecular formula is C18H22N8O3. The standard InChI is InChI=1S/C18H22N8O3/c1-5-28-13-9-7-6-8-12(13)11(4)20-22-18(27)14-15(10(2)3)26(25-21-14)17-16(19)23-29-24-17/h6-10H,5H2,1-4H3,(H2,19,23)(H,22,27). The lowest BCUT2D eigenvalue weighted by molar-refractivity contribution is 0.0948. The molecule has 152 valence electrons. The third kappa shape index (κ3) is 4.08.